The van der Waals surface area contributed by atoms with Gasteiger partial charge in [-0.2, -0.15) is 5.48 Å². The van der Waals surface area contributed by atoms with E-state index in [4.69, 9.17) is 14.3 Å². The minimum Gasteiger partial charge on any atom is -0.394 e. The van der Waals surface area contributed by atoms with Gasteiger partial charge in [0.05, 0.1) is 50.4 Å². The third kappa shape index (κ3) is 4.84. The predicted octanol–water partition coefficient (Wildman–Crippen LogP) is -0.575. The Morgan fingerprint density at radius 3 is 2.60 bits per heavy atom. The lowest BCUT2D eigenvalue weighted by Crippen LogP contribution is -2.57. The average molecular weight is 426 g/mol. The zero-order valence-electron chi connectivity index (χ0n) is 18.0. The van der Waals surface area contributed by atoms with Crippen molar-refractivity contribution in [2.24, 2.45) is 5.92 Å². The van der Waals surface area contributed by atoms with E-state index in [1.54, 1.807) is 0 Å². The van der Waals surface area contributed by atoms with Crippen LogP contribution >= 0.6 is 0 Å². The quantitative estimate of drug-likeness (QED) is 0.446. The Morgan fingerprint density at radius 2 is 1.83 bits per heavy atom. The highest BCUT2D eigenvalue weighted by Crippen LogP contribution is 2.28. The van der Waals surface area contributed by atoms with Gasteiger partial charge in [-0.1, -0.05) is 0 Å². The van der Waals surface area contributed by atoms with Crippen LogP contribution in [0.1, 0.15) is 38.5 Å². The summed E-state index contributed by atoms with van der Waals surface area (Å²) in [4.78, 5) is 11.1. The maximum atomic E-state index is 9.32. The van der Waals surface area contributed by atoms with Crippen LogP contribution in [0.2, 0.25) is 0 Å². The second-order valence-corrected chi connectivity index (χ2v) is 9.55. The Hall–Kier alpha value is -0.360. The molecular formula is C21H39N5O4. The Balaban J connectivity index is 1.08. The molecule has 7 atom stereocenters. The summed E-state index contributed by atoms with van der Waals surface area (Å²) in [6, 6.07) is 0.386. The van der Waals surface area contributed by atoms with E-state index in [1.165, 1.54) is 19.3 Å². The molecule has 9 nitrogen and oxygen atoms in total. The Morgan fingerprint density at radius 1 is 0.967 bits per heavy atom. The van der Waals surface area contributed by atoms with Crippen molar-refractivity contribution in [1.29, 1.82) is 0 Å². The molecule has 0 saturated carbocycles. The van der Waals surface area contributed by atoms with Crippen molar-refractivity contribution >= 4 is 0 Å². The molecule has 30 heavy (non-hydrogen) atoms. The molecule has 4 N–H and O–H groups in total. The molecule has 5 aliphatic rings. The smallest absolute Gasteiger partial charge is 0.146 e. The fourth-order valence-corrected chi connectivity index (χ4v) is 5.89. The topological polar surface area (TPSA) is 90.5 Å². The summed E-state index contributed by atoms with van der Waals surface area (Å²) in [5.74, 6) is 0.533. The number of nitrogens with zero attached hydrogens (tertiary/aromatic N) is 2. The fraction of sp³-hybridized carbons (Fsp3) is 1.00. The summed E-state index contributed by atoms with van der Waals surface area (Å²) in [5.41, 5.74) is 3.30. The van der Waals surface area contributed by atoms with Crippen LogP contribution in [0, 0.1) is 5.92 Å². The first kappa shape index (κ1) is 21.5. The number of piperidine rings is 1. The highest BCUT2D eigenvalue weighted by Gasteiger charge is 2.42. The van der Waals surface area contributed by atoms with E-state index >= 15 is 0 Å². The van der Waals surface area contributed by atoms with Crippen molar-refractivity contribution in [1.82, 2.24) is 25.9 Å². The van der Waals surface area contributed by atoms with E-state index in [1.807, 2.05) is 0 Å². The molecular weight excluding hydrogens is 386 g/mol. The van der Waals surface area contributed by atoms with Crippen LogP contribution in [0.25, 0.3) is 0 Å². The van der Waals surface area contributed by atoms with Gasteiger partial charge in [0.25, 0.3) is 0 Å². The molecule has 0 spiro atoms. The van der Waals surface area contributed by atoms with Crippen molar-refractivity contribution in [2.45, 2.75) is 75.3 Å². The second-order valence-electron chi connectivity index (χ2n) is 9.55. The van der Waals surface area contributed by atoms with Gasteiger partial charge in [0.15, 0.2) is 0 Å². The number of hydrogen-bond donors (Lipinski definition) is 4. The van der Waals surface area contributed by atoms with Crippen LogP contribution in [0.15, 0.2) is 0 Å². The van der Waals surface area contributed by atoms with E-state index in [9.17, 15) is 5.11 Å². The summed E-state index contributed by atoms with van der Waals surface area (Å²) in [6.45, 7) is 6.98. The molecule has 5 rings (SSSR count). The highest BCUT2D eigenvalue weighted by molar-refractivity contribution is 4.93. The number of ether oxygens (including phenoxy) is 2. The van der Waals surface area contributed by atoms with E-state index < -0.39 is 0 Å². The molecule has 5 fully saturated rings. The molecule has 5 aliphatic heterocycles. The second kappa shape index (κ2) is 10.1. The number of aliphatic hydroxyl groups is 1. The summed E-state index contributed by atoms with van der Waals surface area (Å²) >= 11 is 0. The minimum atomic E-state index is 0.0306. The maximum absolute atomic E-state index is 9.32. The fourth-order valence-electron chi connectivity index (χ4n) is 5.89. The molecule has 0 bridgehead atoms. The molecule has 0 amide bonds. The SMILES string of the molecule is OCC1CCC(CN2CCCC2C2NC(C3CCC(N4CCOCC4)NC3)NO2)O1. The zero-order valence-corrected chi connectivity index (χ0v) is 18.0. The van der Waals surface area contributed by atoms with Gasteiger partial charge in [-0.05, 0) is 45.1 Å². The number of nitrogens with one attached hydrogen (secondary N) is 3. The molecule has 7 unspecified atom stereocenters. The highest BCUT2D eigenvalue weighted by atomic mass is 16.7. The van der Waals surface area contributed by atoms with Gasteiger partial charge in [0.1, 0.15) is 6.23 Å². The third-order valence-electron chi connectivity index (χ3n) is 7.65. The Kier molecular flexibility index (Phi) is 7.20. The number of rotatable bonds is 6. The first-order valence-corrected chi connectivity index (χ1v) is 12.0. The number of aliphatic hydroxyl groups excluding tert-OH is 1. The van der Waals surface area contributed by atoms with Gasteiger partial charge in [-0.3, -0.25) is 20.0 Å². The van der Waals surface area contributed by atoms with E-state index in [-0.39, 0.29) is 31.2 Å². The molecule has 172 valence electrons. The van der Waals surface area contributed by atoms with Crippen molar-refractivity contribution in [3.63, 3.8) is 0 Å². The minimum absolute atomic E-state index is 0.0306. The lowest BCUT2D eigenvalue weighted by molar-refractivity contribution is -0.0432. The summed E-state index contributed by atoms with van der Waals surface area (Å²) < 4.78 is 11.5. The van der Waals surface area contributed by atoms with Crippen LogP contribution in [-0.4, -0.2) is 104 Å². The largest absolute Gasteiger partial charge is 0.394 e. The first-order valence-electron chi connectivity index (χ1n) is 12.0. The summed E-state index contributed by atoms with van der Waals surface area (Å²) in [5, 5.41) is 16.8. The van der Waals surface area contributed by atoms with Gasteiger partial charge < -0.3 is 19.9 Å². The number of hydrogen-bond acceptors (Lipinski definition) is 9. The first-order chi connectivity index (χ1) is 14.8. The van der Waals surface area contributed by atoms with Crippen molar-refractivity contribution in [2.75, 3.05) is 52.5 Å². The van der Waals surface area contributed by atoms with Gasteiger partial charge >= 0.3 is 0 Å². The third-order valence-corrected chi connectivity index (χ3v) is 7.65. The normalized spacial score (nSPS) is 44.1. The van der Waals surface area contributed by atoms with Crippen LogP contribution in [-0.2, 0) is 14.3 Å². The van der Waals surface area contributed by atoms with E-state index in [0.717, 1.165) is 65.2 Å². The van der Waals surface area contributed by atoms with E-state index in [2.05, 4.69) is 25.9 Å². The number of hydroxylamine groups is 1. The van der Waals surface area contributed by atoms with Crippen molar-refractivity contribution < 1.29 is 19.4 Å². The molecule has 9 heteroatoms. The molecule has 0 aromatic rings. The van der Waals surface area contributed by atoms with Crippen LogP contribution in [0.3, 0.4) is 0 Å². The average Bonchev–Trinajstić information content (AvgIpc) is 3.55. The number of likely N-dealkylation sites (tertiary alicyclic amines) is 1. The van der Waals surface area contributed by atoms with Crippen molar-refractivity contribution in [3.05, 3.63) is 0 Å². The zero-order chi connectivity index (χ0) is 20.3. The standard InChI is InChI=1S/C21H39N5O4/c27-14-17-5-4-16(29-17)13-26-7-1-2-18(26)21-23-20(24-30-21)15-3-6-19(22-12-15)25-8-10-28-11-9-25/h15-24,27H,1-14H2. The van der Waals surface area contributed by atoms with Crippen LogP contribution in [0.4, 0.5) is 0 Å². The van der Waals surface area contributed by atoms with Gasteiger partial charge in [-0.15, -0.1) is 0 Å². The maximum Gasteiger partial charge on any atom is 0.146 e. The molecule has 0 aromatic carbocycles. The molecule has 5 heterocycles. The predicted molar refractivity (Wildman–Crippen MR) is 111 cm³/mol. The molecule has 5 saturated heterocycles. The monoisotopic (exact) mass is 425 g/mol. The molecule has 0 aromatic heterocycles. The van der Waals surface area contributed by atoms with Gasteiger partial charge in [0, 0.05) is 32.1 Å². The van der Waals surface area contributed by atoms with Crippen LogP contribution in [0.5, 0.6) is 0 Å². The van der Waals surface area contributed by atoms with Crippen LogP contribution < -0.4 is 16.1 Å². The lowest BCUT2D eigenvalue weighted by atomic mass is 9.94. The van der Waals surface area contributed by atoms with Crippen molar-refractivity contribution in [3.8, 4) is 0 Å². The molecule has 0 radical (unpaired) electrons. The van der Waals surface area contributed by atoms with E-state index in [0.29, 0.717) is 18.1 Å². The number of morpholine rings is 1. The lowest BCUT2D eigenvalue weighted by Gasteiger charge is -2.40. The molecule has 0 aliphatic carbocycles. The summed E-state index contributed by atoms with van der Waals surface area (Å²) in [6.07, 6.45) is 7.76. The summed E-state index contributed by atoms with van der Waals surface area (Å²) in [7, 11) is 0. The Labute approximate surface area is 179 Å². The van der Waals surface area contributed by atoms with Gasteiger partial charge in [-0.25, -0.2) is 0 Å². The van der Waals surface area contributed by atoms with Gasteiger partial charge in [0.2, 0.25) is 0 Å². The Bertz CT molecular complexity index is 543.